The van der Waals surface area contributed by atoms with Gasteiger partial charge in [-0.2, -0.15) is 0 Å². The van der Waals surface area contributed by atoms with Crippen molar-refractivity contribution in [2.45, 2.75) is 0 Å². The van der Waals surface area contributed by atoms with Crippen molar-refractivity contribution in [3.8, 4) is 11.5 Å². The molecule has 31 heavy (non-hydrogen) atoms. The summed E-state index contributed by atoms with van der Waals surface area (Å²) in [5.41, 5.74) is 2.38. The topological polar surface area (TPSA) is 93.2 Å². The summed E-state index contributed by atoms with van der Waals surface area (Å²) in [4.78, 5) is 32.2. The van der Waals surface area contributed by atoms with Gasteiger partial charge in [0.2, 0.25) is 0 Å². The monoisotopic (exact) mass is 410 g/mol. The minimum atomic E-state index is -0.208. The molecule has 2 N–H and O–H groups in total. The molecule has 0 spiro atoms. The second-order valence-corrected chi connectivity index (χ2v) is 6.53. The quantitative estimate of drug-likeness (QED) is 0.477. The van der Waals surface area contributed by atoms with Crippen molar-refractivity contribution in [2.75, 3.05) is 10.6 Å². The van der Waals surface area contributed by atoms with Crippen LogP contribution in [0.4, 0.5) is 11.4 Å². The van der Waals surface area contributed by atoms with Crippen LogP contribution in [0.1, 0.15) is 20.7 Å². The third-order valence-electron chi connectivity index (χ3n) is 4.35. The van der Waals surface area contributed by atoms with E-state index in [2.05, 4.69) is 20.6 Å². The average molecular weight is 410 g/mol. The van der Waals surface area contributed by atoms with Crippen molar-refractivity contribution in [3.05, 3.63) is 109 Å². The van der Waals surface area contributed by atoms with Crippen molar-refractivity contribution >= 4 is 23.2 Å². The summed E-state index contributed by atoms with van der Waals surface area (Å²) in [6, 6.07) is 20.7. The highest BCUT2D eigenvalue weighted by molar-refractivity contribution is 6.04. The lowest BCUT2D eigenvalue weighted by Crippen LogP contribution is -2.11. The Balaban J connectivity index is 1.34. The summed E-state index contributed by atoms with van der Waals surface area (Å²) in [6.07, 6.45) is 6.28. The molecule has 0 unspecified atom stereocenters. The molecule has 2 aromatic carbocycles. The Morgan fingerprint density at radius 1 is 0.548 bits per heavy atom. The maximum Gasteiger partial charge on any atom is 0.255 e. The van der Waals surface area contributed by atoms with Crippen LogP contribution in [0.5, 0.6) is 11.5 Å². The molecular formula is C24H18N4O3. The molecule has 0 aliphatic carbocycles. The Morgan fingerprint density at radius 2 is 0.903 bits per heavy atom. The predicted molar refractivity (Wildman–Crippen MR) is 117 cm³/mol. The molecular weight excluding hydrogens is 392 g/mol. The molecule has 4 aromatic rings. The molecule has 4 rings (SSSR count). The number of hydrogen-bond donors (Lipinski definition) is 2. The fraction of sp³-hybridized carbons (Fsp3) is 0. The van der Waals surface area contributed by atoms with E-state index in [9.17, 15) is 9.59 Å². The average Bonchev–Trinajstić information content (AvgIpc) is 2.82. The minimum Gasteiger partial charge on any atom is -0.457 e. The number of ether oxygens (including phenoxy) is 1. The molecule has 0 atom stereocenters. The highest BCUT2D eigenvalue weighted by Crippen LogP contribution is 2.25. The summed E-state index contributed by atoms with van der Waals surface area (Å²) >= 11 is 0. The highest BCUT2D eigenvalue weighted by atomic mass is 16.5. The standard InChI is InChI=1S/C24H18N4O3/c29-23(17-9-13-25-14-10-17)27-19-1-5-21(6-2-19)31-22-7-3-20(4-8-22)28-24(30)18-11-15-26-16-12-18/h1-16H,(H,27,29)(H,28,30). The highest BCUT2D eigenvalue weighted by Gasteiger charge is 2.07. The van der Waals surface area contributed by atoms with Gasteiger partial charge in [0.15, 0.2) is 0 Å². The summed E-state index contributed by atoms with van der Waals surface area (Å²) < 4.78 is 5.83. The first-order chi connectivity index (χ1) is 15.2. The van der Waals surface area contributed by atoms with Gasteiger partial charge < -0.3 is 15.4 Å². The van der Waals surface area contributed by atoms with Gasteiger partial charge in [0.25, 0.3) is 11.8 Å². The molecule has 2 heterocycles. The Kier molecular flexibility index (Phi) is 5.95. The lowest BCUT2D eigenvalue weighted by molar-refractivity contribution is 0.101. The van der Waals surface area contributed by atoms with Gasteiger partial charge in [-0.3, -0.25) is 19.6 Å². The van der Waals surface area contributed by atoms with Crippen molar-refractivity contribution in [1.29, 1.82) is 0 Å². The summed E-state index contributed by atoms with van der Waals surface area (Å²) in [6.45, 7) is 0. The molecule has 0 aliphatic rings. The van der Waals surface area contributed by atoms with Crippen LogP contribution in [0.25, 0.3) is 0 Å². The first-order valence-electron chi connectivity index (χ1n) is 9.48. The number of hydrogen-bond acceptors (Lipinski definition) is 5. The largest absolute Gasteiger partial charge is 0.457 e. The summed E-state index contributed by atoms with van der Waals surface area (Å²) in [5, 5.41) is 5.64. The number of rotatable bonds is 6. The molecule has 0 bridgehead atoms. The third-order valence-corrected chi connectivity index (χ3v) is 4.35. The van der Waals surface area contributed by atoms with E-state index in [1.165, 1.54) is 0 Å². The van der Waals surface area contributed by atoms with E-state index >= 15 is 0 Å². The Labute approximate surface area is 178 Å². The fourth-order valence-electron chi connectivity index (χ4n) is 2.76. The van der Waals surface area contributed by atoms with Gasteiger partial charge in [0.1, 0.15) is 11.5 Å². The second-order valence-electron chi connectivity index (χ2n) is 6.53. The van der Waals surface area contributed by atoms with Crippen LogP contribution in [0.2, 0.25) is 0 Å². The zero-order chi connectivity index (χ0) is 21.5. The molecule has 7 heteroatoms. The lowest BCUT2D eigenvalue weighted by Gasteiger charge is -2.09. The fourth-order valence-corrected chi connectivity index (χ4v) is 2.76. The molecule has 7 nitrogen and oxygen atoms in total. The first kappa shape index (κ1) is 19.8. The maximum absolute atomic E-state index is 12.2. The van der Waals surface area contributed by atoms with Crippen LogP contribution < -0.4 is 15.4 Å². The van der Waals surface area contributed by atoms with E-state index in [4.69, 9.17) is 4.74 Å². The van der Waals surface area contributed by atoms with Gasteiger partial charge in [-0.05, 0) is 72.8 Å². The number of nitrogens with zero attached hydrogens (tertiary/aromatic N) is 2. The third kappa shape index (κ3) is 5.30. The van der Waals surface area contributed by atoms with Gasteiger partial charge in [-0.15, -0.1) is 0 Å². The number of carbonyl (C=O) groups is 2. The molecule has 0 saturated heterocycles. The lowest BCUT2D eigenvalue weighted by atomic mass is 10.2. The number of benzene rings is 2. The molecule has 2 amide bonds. The molecule has 2 aromatic heterocycles. The number of amides is 2. The Bertz CT molecular complexity index is 1070. The minimum absolute atomic E-state index is 0.208. The van der Waals surface area contributed by atoms with Crippen LogP contribution in [0.3, 0.4) is 0 Å². The first-order valence-corrected chi connectivity index (χ1v) is 9.48. The number of carbonyl (C=O) groups excluding carboxylic acids is 2. The van der Waals surface area contributed by atoms with Gasteiger partial charge >= 0.3 is 0 Å². The van der Waals surface area contributed by atoms with Crippen LogP contribution in [-0.2, 0) is 0 Å². The van der Waals surface area contributed by atoms with E-state index in [1.807, 2.05) is 0 Å². The van der Waals surface area contributed by atoms with Crippen molar-refractivity contribution in [1.82, 2.24) is 9.97 Å². The molecule has 152 valence electrons. The SMILES string of the molecule is O=C(Nc1ccc(Oc2ccc(NC(=O)c3ccncc3)cc2)cc1)c1ccncc1. The molecule has 0 fully saturated rings. The van der Waals surface area contributed by atoms with Gasteiger partial charge in [-0.1, -0.05) is 0 Å². The van der Waals surface area contributed by atoms with Crippen molar-refractivity contribution < 1.29 is 14.3 Å². The second kappa shape index (κ2) is 9.32. The van der Waals surface area contributed by atoms with Gasteiger partial charge in [-0.25, -0.2) is 0 Å². The number of anilines is 2. The van der Waals surface area contributed by atoms with E-state index in [0.29, 0.717) is 34.0 Å². The van der Waals surface area contributed by atoms with Crippen LogP contribution >= 0.6 is 0 Å². The molecule has 0 radical (unpaired) electrons. The summed E-state index contributed by atoms with van der Waals surface area (Å²) in [7, 11) is 0. The van der Waals surface area contributed by atoms with E-state index in [-0.39, 0.29) is 11.8 Å². The van der Waals surface area contributed by atoms with Crippen molar-refractivity contribution in [2.24, 2.45) is 0 Å². The summed E-state index contributed by atoms with van der Waals surface area (Å²) in [5.74, 6) is 0.826. The molecule has 0 aliphatic heterocycles. The van der Waals surface area contributed by atoms with Gasteiger partial charge in [0.05, 0.1) is 0 Å². The van der Waals surface area contributed by atoms with Crippen molar-refractivity contribution in [3.63, 3.8) is 0 Å². The van der Waals surface area contributed by atoms with Gasteiger partial charge in [0, 0.05) is 47.3 Å². The zero-order valence-electron chi connectivity index (χ0n) is 16.4. The van der Waals surface area contributed by atoms with E-state index in [0.717, 1.165) is 0 Å². The zero-order valence-corrected chi connectivity index (χ0v) is 16.4. The van der Waals surface area contributed by atoms with E-state index < -0.39 is 0 Å². The smallest absolute Gasteiger partial charge is 0.255 e. The van der Waals surface area contributed by atoms with Crippen LogP contribution in [-0.4, -0.2) is 21.8 Å². The predicted octanol–water partition coefficient (Wildman–Crippen LogP) is 4.77. The molecule has 0 saturated carbocycles. The number of aromatic nitrogens is 2. The van der Waals surface area contributed by atoms with Crippen LogP contribution in [0, 0.1) is 0 Å². The van der Waals surface area contributed by atoms with Crippen LogP contribution in [0.15, 0.2) is 97.6 Å². The maximum atomic E-state index is 12.2. The Hall–Kier alpha value is -4.52. The van der Waals surface area contributed by atoms with E-state index in [1.54, 1.807) is 97.6 Å². The number of pyridine rings is 2. The number of nitrogens with one attached hydrogen (secondary N) is 2. The Morgan fingerprint density at radius 3 is 1.26 bits per heavy atom. The normalized spacial score (nSPS) is 10.2.